The standard InChI is InChI=1S/C25H42N4O4S.C24H40N4O4S/c1-7-8-9-22-18(2)20(4)23(21(5)19(22)3)28-14-16-29(17-15-28)34(32,33)25(24(30)26-31)10-12-27(6)13-11-25;1-6-7-8-21-17(2)19(4)22(20(5)18(21)3)27-13-15-28(16-14-27)33(31,32)24(23(29)26-30)9-11-25-12-10-24/h31H,7-17H2,1-6H3,(H,26,30);25,30H,6-16H2,1-5H3,(H,26,29). The van der Waals surface area contributed by atoms with Crippen molar-refractivity contribution in [2.24, 2.45) is 0 Å². The van der Waals surface area contributed by atoms with Crippen LogP contribution in [0.3, 0.4) is 0 Å². The molecule has 0 aliphatic carbocycles. The predicted molar refractivity (Wildman–Crippen MR) is 268 cm³/mol. The van der Waals surface area contributed by atoms with E-state index >= 15 is 0 Å². The van der Waals surface area contributed by atoms with E-state index in [-0.39, 0.29) is 25.7 Å². The molecule has 16 nitrogen and oxygen atoms in total. The first-order valence-corrected chi connectivity index (χ1v) is 27.5. The molecule has 0 saturated carbocycles. The summed E-state index contributed by atoms with van der Waals surface area (Å²) in [6.07, 6.45) is 7.52. The topological polar surface area (TPSA) is 195 Å². The van der Waals surface area contributed by atoms with Crippen LogP contribution in [0.25, 0.3) is 0 Å². The number of nitrogens with zero attached hydrogens (tertiary/aromatic N) is 5. The van der Waals surface area contributed by atoms with Gasteiger partial charge in [0.1, 0.15) is 0 Å². The second-order valence-corrected chi connectivity index (χ2v) is 24.1. The Morgan fingerprint density at radius 2 is 0.836 bits per heavy atom. The maximum absolute atomic E-state index is 13.7. The van der Waals surface area contributed by atoms with Crippen LogP contribution in [0.2, 0.25) is 0 Å². The number of rotatable bonds is 14. The molecular formula is C49H82N8O8S2. The van der Waals surface area contributed by atoms with Crippen LogP contribution in [0.1, 0.15) is 121 Å². The summed E-state index contributed by atoms with van der Waals surface area (Å²) >= 11 is 0. The fourth-order valence-electron chi connectivity index (χ4n) is 11.2. The van der Waals surface area contributed by atoms with Crippen LogP contribution in [0.15, 0.2) is 0 Å². The van der Waals surface area contributed by atoms with Crippen LogP contribution >= 0.6 is 0 Å². The highest BCUT2D eigenvalue weighted by atomic mass is 32.2. The third kappa shape index (κ3) is 10.4. The van der Waals surface area contributed by atoms with Crippen LogP contribution in [0, 0.1) is 55.4 Å². The number of piperazine rings is 2. The Morgan fingerprint density at radius 1 is 0.522 bits per heavy atom. The number of unbranched alkanes of at least 4 members (excludes halogenated alkanes) is 2. The zero-order valence-corrected chi connectivity index (χ0v) is 44.1. The molecule has 18 heteroatoms. The molecular weight excluding hydrogens is 893 g/mol. The zero-order valence-electron chi connectivity index (χ0n) is 42.5. The fourth-order valence-corrected chi connectivity index (χ4v) is 15.4. The highest BCUT2D eigenvalue weighted by Gasteiger charge is 2.56. The molecule has 378 valence electrons. The smallest absolute Gasteiger partial charge is 0.266 e. The van der Waals surface area contributed by atoms with Crippen molar-refractivity contribution in [2.75, 3.05) is 95.4 Å². The normalized spacial score (nSPS) is 19.7. The number of hydrogen-bond acceptors (Lipinski definition) is 12. The van der Waals surface area contributed by atoms with Crippen molar-refractivity contribution in [2.45, 2.75) is 143 Å². The number of carbonyl (C=O) groups excluding carboxylic acids is 2. The van der Waals surface area contributed by atoms with E-state index in [1.165, 1.54) is 101 Å². The Balaban J connectivity index is 0.000000251. The van der Waals surface area contributed by atoms with Gasteiger partial charge in [0, 0.05) is 63.7 Å². The summed E-state index contributed by atoms with van der Waals surface area (Å²) in [4.78, 5) is 31.8. The van der Waals surface area contributed by atoms with E-state index < -0.39 is 41.4 Å². The number of anilines is 2. The first kappa shape index (κ1) is 54.6. The maximum atomic E-state index is 13.7. The molecule has 0 unspecified atom stereocenters. The minimum absolute atomic E-state index is 0.151. The molecule has 0 bridgehead atoms. The van der Waals surface area contributed by atoms with E-state index in [1.54, 1.807) is 11.0 Å². The summed E-state index contributed by atoms with van der Waals surface area (Å²) in [7, 11) is -5.94. The van der Waals surface area contributed by atoms with Gasteiger partial charge in [0.05, 0.1) is 0 Å². The summed E-state index contributed by atoms with van der Waals surface area (Å²) in [5.41, 5.74) is 19.0. The number of sulfonamides is 2. The van der Waals surface area contributed by atoms with E-state index in [2.05, 4.69) is 84.4 Å². The quantitative estimate of drug-likeness (QED) is 0.126. The van der Waals surface area contributed by atoms with E-state index in [4.69, 9.17) is 0 Å². The van der Waals surface area contributed by atoms with E-state index in [0.29, 0.717) is 78.5 Å². The van der Waals surface area contributed by atoms with Crippen molar-refractivity contribution in [1.82, 2.24) is 29.8 Å². The molecule has 0 aromatic heterocycles. The SMILES string of the molecule is CCCCc1c(C)c(C)c(N2CCN(S(=O)(=O)C3(C(=O)NO)CCN(C)CC3)CC2)c(C)c1C.CCCCc1c(C)c(C)c(N2CCN(S(=O)(=O)C3(C(=O)NO)CCNCC3)CC2)c(C)c1C. The number of piperidine rings is 2. The minimum atomic E-state index is -3.93. The Kier molecular flexibility index (Phi) is 18.4. The zero-order chi connectivity index (χ0) is 49.6. The average molecular weight is 975 g/mol. The number of carbonyl (C=O) groups is 2. The van der Waals surface area contributed by atoms with Crippen LogP contribution in [0.5, 0.6) is 0 Å². The van der Waals surface area contributed by atoms with Gasteiger partial charge in [-0.05, 0) is 196 Å². The van der Waals surface area contributed by atoms with E-state index in [1.807, 2.05) is 11.9 Å². The highest BCUT2D eigenvalue weighted by Crippen LogP contribution is 2.39. The third-order valence-electron chi connectivity index (χ3n) is 16.1. The lowest BCUT2D eigenvalue weighted by Crippen LogP contribution is -2.63. The molecule has 2 aromatic carbocycles. The lowest BCUT2D eigenvalue weighted by molar-refractivity contribution is -0.133. The van der Waals surface area contributed by atoms with Crippen LogP contribution < -0.4 is 26.1 Å². The second-order valence-electron chi connectivity index (χ2n) is 19.6. The molecule has 4 fully saturated rings. The molecule has 67 heavy (non-hydrogen) atoms. The van der Waals surface area contributed by atoms with Crippen molar-refractivity contribution < 1.29 is 36.8 Å². The van der Waals surface area contributed by atoms with Gasteiger partial charge in [-0.3, -0.25) is 20.0 Å². The number of amides is 2. The number of benzene rings is 2. The third-order valence-corrected chi connectivity index (χ3v) is 21.3. The maximum Gasteiger partial charge on any atom is 0.266 e. The van der Waals surface area contributed by atoms with Crippen molar-refractivity contribution in [3.8, 4) is 0 Å². The molecule has 4 heterocycles. The molecule has 2 aromatic rings. The molecule has 2 amide bonds. The van der Waals surface area contributed by atoms with Gasteiger partial charge in [-0.25, -0.2) is 27.8 Å². The van der Waals surface area contributed by atoms with Crippen LogP contribution in [-0.2, 0) is 42.5 Å². The number of hydrogen-bond donors (Lipinski definition) is 5. The molecule has 0 radical (unpaired) electrons. The van der Waals surface area contributed by atoms with Gasteiger partial charge < -0.3 is 20.0 Å². The summed E-state index contributed by atoms with van der Waals surface area (Å²) in [5, 5.41) is 21.7. The molecule has 4 aliphatic heterocycles. The van der Waals surface area contributed by atoms with Crippen molar-refractivity contribution in [3.05, 3.63) is 55.6 Å². The van der Waals surface area contributed by atoms with Crippen molar-refractivity contribution >= 4 is 43.2 Å². The second kappa shape index (κ2) is 22.6. The average Bonchev–Trinajstić information content (AvgIpc) is 3.33. The minimum Gasteiger partial charge on any atom is -0.368 e. The van der Waals surface area contributed by atoms with E-state index in [0.717, 1.165) is 12.8 Å². The molecule has 6 rings (SSSR count). The van der Waals surface area contributed by atoms with Gasteiger partial charge in [-0.1, -0.05) is 26.7 Å². The first-order valence-electron chi connectivity index (χ1n) is 24.6. The van der Waals surface area contributed by atoms with Crippen LogP contribution in [0.4, 0.5) is 11.4 Å². The Labute approximate surface area is 402 Å². The van der Waals surface area contributed by atoms with Gasteiger partial charge in [0.15, 0.2) is 9.49 Å². The number of nitrogens with one attached hydrogen (secondary N) is 3. The largest absolute Gasteiger partial charge is 0.368 e. The Hall–Kier alpha value is -3.36. The fraction of sp³-hybridized carbons (Fsp3) is 0.714. The van der Waals surface area contributed by atoms with Gasteiger partial charge in [-0.2, -0.15) is 8.61 Å². The first-order chi connectivity index (χ1) is 31.6. The van der Waals surface area contributed by atoms with Gasteiger partial charge in [-0.15, -0.1) is 0 Å². The van der Waals surface area contributed by atoms with Gasteiger partial charge in [0.2, 0.25) is 20.0 Å². The lowest BCUT2D eigenvalue weighted by atomic mass is 9.88. The predicted octanol–water partition coefficient (Wildman–Crippen LogP) is 5.03. The summed E-state index contributed by atoms with van der Waals surface area (Å²) in [5.74, 6) is -1.64. The number of hydroxylamine groups is 2. The van der Waals surface area contributed by atoms with Crippen LogP contribution in [-0.4, -0.2) is 148 Å². The molecule has 4 saturated heterocycles. The Morgan fingerprint density at radius 3 is 1.13 bits per heavy atom. The molecule has 5 N–H and O–H groups in total. The molecule has 4 aliphatic rings. The monoisotopic (exact) mass is 975 g/mol. The van der Waals surface area contributed by atoms with Gasteiger partial charge in [0.25, 0.3) is 11.8 Å². The number of likely N-dealkylation sites (tertiary alicyclic amines) is 1. The van der Waals surface area contributed by atoms with Crippen molar-refractivity contribution in [3.63, 3.8) is 0 Å². The van der Waals surface area contributed by atoms with Gasteiger partial charge >= 0.3 is 0 Å². The summed E-state index contributed by atoms with van der Waals surface area (Å²) in [6, 6.07) is 0. The van der Waals surface area contributed by atoms with E-state index in [9.17, 15) is 36.8 Å². The molecule has 0 spiro atoms. The highest BCUT2D eigenvalue weighted by molar-refractivity contribution is 7.91. The summed E-state index contributed by atoms with van der Waals surface area (Å²) in [6.45, 7) is 27.4. The van der Waals surface area contributed by atoms with Crippen molar-refractivity contribution in [1.29, 1.82) is 0 Å². The Bertz CT molecular complexity index is 2250. The summed E-state index contributed by atoms with van der Waals surface area (Å²) < 4.78 is 54.3. The molecule has 0 atom stereocenters. The lowest BCUT2D eigenvalue weighted by Gasteiger charge is -2.44.